The number of hydrogen-bond donors (Lipinski definition) is 2. The molecule has 1 spiro atoms. The lowest BCUT2D eigenvalue weighted by molar-refractivity contribution is -0.198. The SMILES string of the molecule is CNc1ccc(CCN2CCC3(CC2)CC(=O)c2cc(C=CC(=O)NOC4CCCCO4)ccc2O3)cc1. The van der Waals surface area contributed by atoms with Gasteiger partial charge < -0.3 is 19.7 Å². The zero-order valence-corrected chi connectivity index (χ0v) is 22.0. The molecule has 0 radical (unpaired) electrons. The van der Waals surface area contributed by atoms with Crippen molar-refractivity contribution >= 4 is 23.5 Å². The lowest BCUT2D eigenvalue weighted by atomic mass is 9.82. The predicted molar refractivity (Wildman–Crippen MR) is 146 cm³/mol. The second kappa shape index (κ2) is 12.1. The highest BCUT2D eigenvalue weighted by molar-refractivity contribution is 6.01. The molecule has 2 fully saturated rings. The zero-order valence-electron chi connectivity index (χ0n) is 22.0. The molecule has 8 nitrogen and oxygen atoms in total. The lowest BCUT2D eigenvalue weighted by Gasteiger charge is -2.44. The normalized spacial score (nSPS) is 21.2. The van der Waals surface area contributed by atoms with Gasteiger partial charge in [0.15, 0.2) is 12.1 Å². The third kappa shape index (κ3) is 6.62. The predicted octanol–water partition coefficient (Wildman–Crippen LogP) is 4.36. The van der Waals surface area contributed by atoms with Crippen LogP contribution in [0.25, 0.3) is 6.08 Å². The van der Waals surface area contributed by atoms with Crippen LogP contribution in [0.4, 0.5) is 5.69 Å². The summed E-state index contributed by atoms with van der Waals surface area (Å²) in [4.78, 5) is 33.0. The number of piperidine rings is 1. The van der Waals surface area contributed by atoms with Gasteiger partial charge in [0, 0.05) is 64.3 Å². The number of Topliss-reactive ketones (excluding diaryl/α,β-unsaturated/α-hetero) is 1. The topological polar surface area (TPSA) is 89.1 Å². The fourth-order valence-electron chi connectivity index (χ4n) is 5.34. The fourth-order valence-corrected chi connectivity index (χ4v) is 5.34. The number of ketones is 1. The van der Waals surface area contributed by atoms with Crippen LogP contribution in [0, 0.1) is 0 Å². The van der Waals surface area contributed by atoms with Crippen molar-refractivity contribution in [2.45, 2.75) is 56.8 Å². The highest BCUT2D eigenvalue weighted by atomic mass is 16.8. The van der Waals surface area contributed by atoms with Gasteiger partial charge in [-0.2, -0.15) is 0 Å². The molecular formula is C30H37N3O5. The maximum atomic E-state index is 13.1. The Morgan fingerprint density at radius 3 is 2.71 bits per heavy atom. The van der Waals surface area contributed by atoms with E-state index in [-0.39, 0.29) is 11.7 Å². The van der Waals surface area contributed by atoms with Gasteiger partial charge in [0.1, 0.15) is 11.4 Å². The molecule has 0 saturated carbocycles. The Labute approximate surface area is 224 Å². The smallest absolute Gasteiger partial charge is 0.267 e. The second-order valence-electron chi connectivity index (χ2n) is 10.4. The van der Waals surface area contributed by atoms with Gasteiger partial charge in [0.05, 0.1) is 12.0 Å². The van der Waals surface area contributed by atoms with Crippen LogP contribution in [0.5, 0.6) is 5.75 Å². The van der Waals surface area contributed by atoms with Gasteiger partial charge in [-0.1, -0.05) is 18.2 Å². The van der Waals surface area contributed by atoms with Crippen LogP contribution < -0.4 is 15.5 Å². The van der Waals surface area contributed by atoms with E-state index in [0.717, 1.165) is 69.4 Å². The minimum Gasteiger partial charge on any atom is -0.486 e. The number of likely N-dealkylation sites (tertiary alicyclic amines) is 1. The van der Waals surface area contributed by atoms with Crippen LogP contribution in [0.15, 0.2) is 48.5 Å². The number of amides is 1. The Kier molecular flexibility index (Phi) is 8.42. The number of rotatable bonds is 8. The minimum atomic E-state index is -0.426. The molecule has 202 valence electrons. The average molecular weight is 520 g/mol. The first kappa shape index (κ1) is 26.4. The standard InChI is InChI=1S/C30H37N3O5/c1-31-24-9-5-22(6-10-24)13-16-33-17-14-30(15-18-33)21-26(34)25-20-23(7-11-27(25)37-30)8-12-28(35)32-38-29-4-2-3-19-36-29/h5-12,20,29,31H,2-4,13-19,21H2,1H3,(H,32,35). The molecule has 3 aliphatic rings. The number of carbonyl (C=O) groups excluding carboxylic acids is 2. The van der Waals surface area contributed by atoms with Crippen molar-refractivity contribution in [3.05, 3.63) is 65.2 Å². The summed E-state index contributed by atoms with van der Waals surface area (Å²) < 4.78 is 11.9. The number of carbonyl (C=O) groups is 2. The van der Waals surface area contributed by atoms with Gasteiger partial charge in [0.2, 0.25) is 0 Å². The summed E-state index contributed by atoms with van der Waals surface area (Å²) in [5, 5.41) is 3.15. The molecule has 1 amide bonds. The monoisotopic (exact) mass is 519 g/mol. The first-order valence-corrected chi connectivity index (χ1v) is 13.6. The molecular weight excluding hydrogens is 482 g/mol. The van der Waals surface area contributed by atoms with E-state index in [2.05, 4.69) is 40.0 Å². The third-order valence-electron chi connectivity index (χ3n) is 7.70. The molecule has 0 bridgehead atoms. The molecule has 8 heteroatoms. The second-order valence-corrected chi connectivity index (χ2v) is 10.4. The van der Waals surface area contributed by atoms with Crippen LogP contribution in [0.3, 0.4) is 0 Å². The Hall–Kier alpha value is -3.20. The van der Waals surface area contributed by atoms with E-state index in [1.807, 2.05) is 19.2 Å². The van der Waals surface area contributed by atoms with Gasteiger partial charge in [0.25, 0.3) is 5.91 Å². The number of fused-ring (bicyclic) bond motifs is 1. The maximum Gasteiger partial charge on any atom is 0.267 e. The number of nitrogens with zero attached hydrogens (tertiary/aromatic N) is 1. The number of benzene rings is 2. The number of ether oxygens (including phenoxy) is 2. The fraction of sp³-hybridized carbons (Fsp3) is 0.467. The summed E-state index contributed by atoms with van der Waals surface area (Å²) >= 11 is 0. The van der Waals surface area contributed by atoms with Gasteiger partial charge in [-0.05, 0) is 60.7 Å². The summed E-state index contributed by atoms with van der Waals surface area (Å²) in [6.45, 7) is 3.48. The number of anilines is 1. The number of hydrogen-bond acceptors (Lipinski definition) is 7. The molecule has 38 heavy (non-hydrogen) atoms. The molecule has 3 aliphatic heterocycles. The largest absolute Gasteiger partial charge is 0.486 e. The highest BCUT2D eigenvalue weighted by Gasteiger charge is 2.42. The summed E-state index contributed by atoms with van der Waals surface area (Å²) in [6.07, 6.45) is 8.54. The minimum absolute atomic E-state index is 0.0989. The highest BCUT2D eigenvalue weighted by Crippen LogP contribution is 2.39. The number of hydroxylamine groups is 1. The van der Waals surface area contributed by atoms with E-state index < -0.39 is 11.9 Å². The third-order valence-corrected chi connectivity index (χ3v) is 7.70. The zero-order chi connectivity index (χ0) is 26.4. The van der Waals surface area contributed by atoms with Gasteiger partial charge in [-0.15, -0.1) is 0 Å². The van der Waals surface area contributed by atoms with Crippen LogP contribution in [0.1, 0.15) is 60.0 Å². The Morgan fingerprint density at radius 1 is 1.16 bits per heavy atom. The summed E-state index contributed by atoms with van der Waals surface area (Å²) in [5.41, 5.74) is 5.78. The molecule has 2 aromatic rings. The summed E-state index contributed by atoms with van der Waals surface area (Å²) in [7, 11) is 1.93. The molecule has 5 rings (SSSR count). The summed E-state index contributed by atoms with van der Waals surface area (Å²) in [5.74, 6) is 0.362. The van der Waals surface area contributed by atoms with Gasteiger partial charge in [-0.3, -0.25) is 9.59 Å². The van der Waals surface area contributed by atoms with Crippen molar-refractivity contribution in [1.82, 2.24) is 10.4 Å². The van der Waals surface area contributed by atoms with E-state index in [1.165, 1.54) is 11.6 Å². The van der Waals surface area contributed by atoms with Crippen molar-refractivity contribution < 1.29 is 23.9 Å². The summed E-state index contributed by atoms with van der Waals surface area (Å²) in [6, 6.07) is 14.1. The van der Waals surface area contributed by atoms with Crippen LogP contribution >= 0.6 is 0 Å². The van der Waals surface area contributed by atoms with E-state index in [4.69, 9.17) is 14.3 Å². The average Bonchev–Trinajstić information content (AvgIpc) is 2.96. The lowest BCUT2D eigenvalue weighted by Crippen LogP contribution is -2.51. The van der Waals surface area contributed by atoms with Crippen LogP contribution in [-0.4, -0.2) is 61.8 Å². The van der Waals surface area contributed by atoms with Crippen LogP contribution in [0.2, 0.25) is 0 Å². The Balaban J connectivity index is 1.12. The molecule has 3 heterocycles. The number of nitrogens with one attached hydrogen (secondary N) is 2. The molecule has 0 aliphatic carbocycles. The van der Waals surface area contributed by atoms with Gasteiger partial charge in [-0.25, -0.2) is 10.3 Å². The van der Waals surface area contributed by atoms with Crippen molar-refractivity contribution in [3.63, 3.8) is 0 Å². The van der Waals surface area contributed by atoms with Crippen molar-refractivity contribution in [1.29, 1.82) is 0 Å². The van der Waals surface area contributed by atoms with Crippen molar-refractivity contribution in [2.24, 2.45) is 0 Å². The molecule has 1 unspecified atom stereocenters. The maximum absolute atomic E-state index is 13.1. The van der Waals surface area contributed by atoms with E-state index in [0.29, 0.717) is 24.3 Å². The van der Waals surface area contributed by atoms with E-state index in [9.17, 15) is 9.59 Å². The first-order valence-electron chi connectivity index (χ1n) is 13.6. The first-order chi connectivity index (χ1) is 18.5. The quantitative estimate of drug-likeness (QED) is 0.396. The van der Waals surface area contributed by atoms with Gasteiger partial charge >= 0.3 is 0 Å². The van der Waals surface area contributed by atoms with E-state index in [1.54, 1.807) is 12.1 Å². The molecule has 1 atom stereocenters. The molecule has 2 aromatic carbocycles. The Bertz CT molecular complexity index is 1150. The van der Waals surface area contributed by atoms with Crippen molar-refractivity contribution in [3.8, 4) is 5.75 Å². The van der Waals surface area contributed by atoms with E-state index >= 15 is 0 Å². The molecule has 0 aromatic heterocycles. The van der Waals surface area contributed by atoms with Crippen LogP contribution in [-0.2, 0) is 20.8 Å². The Morgan fingerprint density at radius 2 is 1.97 bits per heavy atom. The molecule has 2 saturated heterocycles. The van der Waals surface area contributed by atoms with Crippen molar-refractivity contribution in [2.75, 3.05) is 38.6 Å². The molecule has 2 N–H and O–H groups in total.